The molecule has 0 fully saturated rings. The van der Waals surface area contributed by atoms with Gasteiger partial charge in [0.25, 0.3) is 0 Å². The largest absolute Gasteiger partial charge is 0.480 e. The molecule has 0 rings (SSSR count). The monoisotopic (exact) mass is 248 g/mol. The molecule has 0 aliphatic carbocycles. The van der Waals surface area contributed by atoms with E-state index < -0.39 is 16.3 Å². The molecular formula is C12H24O3S. The predicted octanol–water partition coefficient (Wildman–Crippen LogP) is 3.18. The van der Waals surface area contributed by atoms with Crippen LogP contribution in [0.5, 0.6) is 0 Å². The molecule has 0 spiro atoms. The van der Waals surface area contributed by atoms with Crippen LogP contribution in [0.2, 0.25) is 0 Å². The summed E-state index contributed by atoms with van der Waals surface area (Å²) in [4.78, 5) is 11.3. The van der Waals surface area contributed by atoms with E-state index in [9.17, 15) is 9.90 Å². The average molecular weight is 248 g/mol. The molecule has 0 amide bonds. The topological polar surface area (TPSA) is 46.5 Å². The molecule has 4 heteroatoms. The van der Waals surface area contributed by atoms with Crippen LogP contribution in [-0.4, -0.2) is 34.3 Å². The normalized spacial score (nSPS) is 15.8. The van der Waals surface area contributed by atoms with Gasteiger partial charge in [0.05, 0.1) is 5.60 Å². The summed E-state index contributed by atoms with van der Waals surface area (Å²) in [7, 11) is 1.62. The third-order valence-electron chi connectivity index (χ3n) is 2.69. The molecule has 0 aliphatic heterocycles. The Morgan fingerprint density at radius 2 is 1.94 bits per heavy atom. The summed E-state index contributed by atoms with van der Waals surface area (Å²) in [5, 5.41) is 9.31. The van der Waals surface area contributed by atoms with Crippen molar-refractivity contribution in [1.82, 2.24) is 0 Å². The minimum atomic E-state index is -0.755. The molecule has 0 aliphatic rings. The van der Waals surface area contributed by atoms with Gasteiger partial charge in [-0.25, -0.2) is 0 Å². The summed E-state index contributed by atoms with van der Waals surface area (Å²) in [6.07, 6.45) is 2.66. The summed E-state index contributed by atoms with van der Waals surface area (Å²) >= 11 is 1.52. The van der Waals surface area contributed by atoms with Crippen LogP contribution < -0.4 is 0 Å². The number of ether oxygens (including phenoxy) is 1. The number of rotatable bonds is 8. The van der Waals surface area contributed by atoms with Crippen LogP contribution in [0.1, 0.15) is 47.0 Å². The average Bonchev–Trinajstić information content (AvgIpc) is 2.17. The summed E-state index contributed by atoms with van der Waals surface area (Å²) < 4.78 is 4.56. The summed E-state index contributed by atoms with van der Waals surface area (Å²) in [6.45, 7) is 7.75. The van der Waals surface area contributed by atoms with Crippen molar-refractivity contribution in [1.29, 1.82) is 0 Å². The van der Waals surface area contributed by atoms with Crippen LogP contribution >= 0.6 is 11.8 Å². The molecule has 0 aromatic carbocycles. The van der Waals surface area contributed by atoms with Crippen LogP contribution in [0.15, 0.2) is 0 Å². The highest BCUT2D eigenvalue weighted by Gasteiger charge is 2.39. The van der Waals surface area contributed by atoms with E-state index in [-0.39, 0.29) is 0 Å². The Labute approximate surface area is 103 Å². The molecule has 0 saturated carbocycles. The number of carbonyl (C=O) groups is 1. The highest BCUT2D eigenvalue weighted by atomic mass is 32.2. The van der Waals surface area contributed by atoms with Gasteiger partial charge in [-0.3, -0.25) is 4.79 Å². The number of hydrogen-bond acceptors (Lipinski definition) is 3. The molecule has 0 aromatic heterocycles. The summed E-state index contributed by atoms with van der Waals surface area (Å²) in [5.41, 5.74) is -0.396. The van der Waals surface area contributed by atoms with E-state index in [1.807, 2.05) is 13.8 Å². The third-order valence-corrected chi connectivity index (χ3v) is 4.14. The smallest absolute Gasteiger partial charge is 0.319 e. The maximum atomic E-state index is 11.3. The van der Waals surface area contributed by atoms with Crippen LogP contribution in [-0.2, 0) is 9.53 Å². The number of hydrogen-bond donors (Lipinski definition) is 1. The SMILES string of the molecule is CCCCSC(C)(CC(C)(C)OC)C(=O)O. The Morgan fingerprint density at radius 1 is 1.38 bits per heavy atom. The van der Waals surface area contributed by atoms with Gasteiger partial charge in [0, 0.05) is 13.5 Å². The first kappa shape index (κ1) is 15.8. The van der Waals surface area contributed by atoms with E-state index >= 15 is 0 Å². The second-order valence-corrected chi connectivity index (χ2v) is 6.48. The zero-order valence-electron chi connectivity index (χ0n) is 11.0. The standard InChI is InChI=1S/C12H24O3S/c1-6-7-8-16-12(4,10(13)14)9-11(2,3)15-5/h6-9H2,1-5H3,(H,13,14). The number of carboxylic acids is 1. The highest BCUT2D eigenvalue weighted by Crippen LogP contribution is 2.35. The van der Waals surface area contributed by atoms with Crippen molar-refractivity contribution in [2.24, 2.45) is 0 Å². The maximum Gasteiger partial charge on any atom is 0.319 e. The quantitative estimate of drug-likeness (QED) is 0.670. The van der Waals surface area contributed by atoms with E-state index in [2.05, 4.69) is 6.92 Å². The Bertz CT molecular complexity index is 228. The molecule has 0 aromatic rings. The first-order chi connectivity index (χ1) is 7.27. The van der Waals surface area contributed by atoms with Crippen molar-refractivity contribution in [3.8, 4) is 0 Å². The number of carboxylic acid groups (broad SMARTS) is 1. The number of methoxy groups -OCH3 is 1. The first-order valence-electron chi connectivity index (χ1n) is 5.70. The van der Waals surface area contributed by atoms with Crippen LogP contribution in [0.3, 0.4) is 0 Å². The van der Waals surface area contributed by atoms with Crippen molar-refractivity contribution >= 4 is 17.7 Å². The van der Waals surface area contributed by atoms with Crippen LogP contribution in [0, 0.1) is 0 Å². The summed E-state index contributed by atoms with van der Waals surface area (Å²) in [6, 6.07) is 0. The number of thioether (sulfide) groups is 1. The van der Waals surface area contributed by atoms with Crippen LogP contribution in [0.4, 0.5) is 0 Å². The van der Waals surface area contributed by atoms with Crippen LogP contribution in [0.25, 0.3) is 0 Å². The predicted molar refractivity (Wildman–Crippen MR) is 69.1 cm³/mol. The summed E-state index contributed by atoms with van der Waals surface area (Å²) in [5.74, 6) is 0.137. The second-order valence-electron chi connectivity index (χ2n) is 4.88. The van der Waals surface area contributed by atoms with Gasteiger partial charge in [-0.1, -0.05) is 13.3 Å². The first-order valence-corrected chi connectivity index (χ1v) is 6.68. The van der Waals surface area contributed by atoms with Gasteiger partial charge >= 0.3 is 5.97 Å². The van der Waals surface area contributed by atoms with E-state index in [0.29, 0.717) is 6.42 Å². The van der Waals surface area contributed by atoms with E-state index in [1.54, 1.807) is 14.0 Å². The molecule has 0 saturated heterocycles. The molecule has 0 radical (unpaired) electrons. The lowest BCUT2D eigenvalue weighted by molar-refractivity contribution is -0.141. The molecule has 3 nitrogen and oxygen atoms in total. The minimum absolute atomic E-state index is 0.396. The zero-order chi connectivity index (χ0) is 12.8. The maximum absolute atomic E-state index is 11.3. The molecule has 16 heavy (non-hydrogen) atoms. The van der Waals surface area contributed by atoms with Crippen molar-refractivity contribution in [3.05, 3.63) is 0 Å². The Morgan fingerprint density at radius 3 is 2.31 bits per heavy atom. The van der Waals surface area contributed by atoms with Gasteiger partial charge in [0.2, 0.25) is 0 Å². The lowest BCUT2D eigenvalue weighted by Gasteiger charge is -2.33. The van der Waals surface area contributed by atoms with Gasteiger partial charge in [0.1, 0.15) is 4.75 Å². The molecule has 0 bridgehead atoms. The Kier molecular flexibility index (Phi) is 6.41. The van der Waals surface area contributed by atoms with E-state index in [0.717, 1.165) is 18.6 Å². The fourth-order valence-corrected chi connectivity index (χ4v) is 2.97. The molecule has 1 atom stereocenters. The van der Waals surface area contributed by atoms with Gasteiger partial charge in [-0.15, -0.1) is 11.8 Å². The van der Waals surface area contributed by atoms with Crippen molar-refractivity contribution in [2.75, 3.05) is 12.9 Å². The third kappa shape index (κ3) is 5.21. The van der Waals surface area contributed by atoms with Gasteiger partial charge in [-0.2, -0.15) is 0 Å². The number of unbranched alkanes of at least 4 members (excludes halogenated alkanes) is 1. The van der Waals surface area contributed by atoms with Crippen molar-refractivity contribution in [2.45, 2.75) is 57.3 Å². The highest BCUT2D eigenvalue weighted by molar-refractivity contribution is 8.01. The Hall–Kier alpha value is -0.220. The molecular weight excluding hydrogens is 224 g/mol. The van der Waals surface area contributed by atoms with Crippen molar-refractivity contribution in [3.63, 3.8) is 0 Å². The minimum Gasteiger partial charge on any atom is -0.480 e. The lowest BCUT2D eigenvalue weighted by atomic mass is 9.94. The fraction of sp³-hybridized carbons (Fsp3) is 0.917. The van der Waals surface area contributed by atoms with E-state index in [4.69, 9.17) is 4.74 Å². The zero-order valence-corrected chi connectivity index (χ0v) is 11.8. The lowest BCUT2D eigenvalue weighted by Crippen LogP contribution is -2.40. The molecule has 1 N–H and O–H groups in total. The second kappa shape index (κ2) is 6.50. The van der Waals surface area contributed by atoms with Crippen molar-refractivity contribution < 1.29 is 14.6 Å². The van der Waals surface area contributed by atoms with Gasteiger partial charge in [0.15, 0.2) is 0 Å². The molecule has 0 heterocycles. The van der Waals surface area contributed by atoms with Gasteiger partial charge in [-0.05, 0) is 32.9 Å². The molecule has 96 valence electrons. The molecule has 1 unspecified atom stereocenters. The van der Waals surface area contributed by atoms with Gasteiger partial charge < -0.3 is 9.84 Å². The fourth-order valence-electron chi connectivity index (χ4n) is 1.51. The number of aliphatic carboxylic acids is 1. The Balaban J connectivity index is 4.51. The van der Waals surface area contributed by atoms with E-state index in [1.165, 1.54) is 11.8 Å².